The van der Waals surface area contributed by atoms with Crippen LogP contribution in [0, 0.1) is 5.92 Å². The van der Waals surface area contributed by atoms with Crippen molar-refractivity contribution in [3.05, 3.63) is 18.2 Å². The molecule has 0 aliphatic carbocycles. The van der Waals surface area contributed by atoms with Crippen molar-refractivity contribution in [3.8, 4) is 0 Å². The third-order valence-corrected chi connectivity index (χ3v) is 3.40. The lowest BCUT2D eigenvalue weighted by Crippen LogP contribution is -2.31. The van der Waals surface area contributed by atoms with Gasteiger partial charge in [0.1, 0.15) is 5.82 Å². The Morgan fingerprint density at radius 1 is 1.69 bits per heavy atom. The molecule has 1 N–H and O–H groups in total. The zero-order valence-electron chi connectivity index (χ0n) is 10.1. The first-order chi connectivity index (χ1) is 7.79. The number of ether oxygens (including phenoxy) is 1. The monoisotopic (exact) mass is 223 g/mol. The van der Waals surface area contributed by atoms with E-state index in [1.807, 2.05) is 26.5 Å². The molecule has 4 nitrogen and oxygen atoms in total. The first kappa shape index (κ1) is 11.6. The second-order valence-corrected chi connectivity index (χ2v) is 4.61. The number of nitrogens with zero attached hydrogens (tertiary/aromatic N) is 2. The molecule has 0 spiro atoms. The number of hydrogen-bond donors (Lipinski definition) is 1. The van der Waals surface area contributed by atoms with Gasteiger partial charge in [0.05, 0.1) is 0 Å². The molecule has 2 heterocycles. The fourth-order valence-electron chi connectivity index (χ4n) is 2.29. The minimum Gasteiger partial charge on any atom is -0.381 e. The SMILES string of the molecule is CNC(Cc1nccn1C)CC1CCOC1. The lowest BCUT2D eigenvalue weighted by Gasteiger charge is -2.19. The van der Waals surface area contributed by atoms with E-state index in [-0.39, 0.29) is 0 Å². The lowest BCUT2D eigenvalue weighted by atomic mass is 9.97. The van der Waals surface area contributed by atoms with Crippen LogP contribution in [0.3, 0.4) is 0 Å². The summed E-state index contributed by atoms with van der Waals surface area (Å²) in [5.41, 5.74) is 0. The second-order valence-electron chi connectivity index (χ2n) is 4.61. The highest BCUT2D eigenvalue weighted by Crippen LogP contribution is 2.19. The van der Waals surface area contributed by atoms with Crippen LogP contribution in [-0.2, 0) is 18.2 Å². The van der Waals surface area contributed by atoms with Crippen LogP contribution in [0.2, 0.25) is 0 Å². The fraction of sp³-hybridized carbons (Fsp3) is 0.750. The lowest BCUT2D eigenvalue weighted by molar-refractivity contribution is 0.181. The average Bonchev–Trinajstić information content (AvgIpc) is 2.90. The Kier molecular flexibility index (Phi) is 3.96. The molecule has 1 saturated heterocycles. The van der Waals surface area contributed by atoms with E-state index in [1.54, 1.807) is 0 Å². The maximum absolute atomic E-state index is 5.41. The number of aromatic nitrogens is 2. The van der Waals surface area contributed by atoms with E-state index >= 15 is 0 Å². The van der Waals surface area contributed by atoms with E-state index in [9.17, 15) is 0 Å². The fourth-order valence-corrected chi connectivity index (χ4v) is 2.29. The molecule has 0 aromatic carbocycles. The van der Waals surface area contributed by atoms with E-state index in [2.05, 4.69) is 14.9 Å². The van der Waals surface area contributed by atoms with Crippen LogP contribution >= 0.6 is 0 Å². The van der Waals surface area contributed by atoms with Gasteiger partial charge in [0, 0.05) is 45.1 Å². The third kappa shape index (κ3) is 2.83. The van der Waals surface area contributed by atoms with Crippen LogP contribution in [0.5, 0.6) is 0 Å². The number of nitrogens with one attached hydrogen (secondary N) is 1. The van der Waals surface area contributed by atoms with Crippen LogP contribution in [0.4, 0.5) is 0 Å². The quantitative estimate of drug-likeness (QED) is 0.808. The van der Waals surface area contributed by atoms with Crippen molar-refractivity contribution >= 4 is 0 Å². The molecule has 2 atom stereocenters. The van der Waals surface area contributed by atoms with E-state index in [4.69, 9.17) is 4.74 Å². The Hall–Kier alpha value is -0.870. The number of likely N-dealkylation sites (N-methyl/N-ethyl adjacent to an activating group) is 1. The van der Waals surface area contributed by atoms with Crippen molar-refractivity contribution in [3.63, 3.8) is 0 Å². The average molecular weight is 223 g/mol. The minimum absolute atomic E-state index is 0.507. The number of imidazole rings is 1. The Morgan fingerprint density at radius 3 is 3.12 bits per heavy atom. The second kappa shape index (κ2) is 5.46. The molecule has 2 unspecified atom stereocenters. The largest absolute Gasteiger partial charge is 0.381 e. The van der Waals surface area contributed by atoms with Gasteiger partial charge in [-0.2, -0.15) is 0 Å². The van der Waals surface area contributed by atoms with Gasteiger partial charge in [0.25, 0.3) is 0 Å². The maximum Gasteiger partial charge on any atom is 0.109 e. The molecule has 2 rings (SSSR count). The summed E-state index contributed by atoms with van der Waals surface area (Å²) in [6.45, 7) is 1.86. The smallest absolute Gasteiger partial charge is 0.109 e. The zero-order chi connectivity index (χ0) is 11.4. The van der Waals surface area contributed by atoms with Crippen molar-refractivity contribution in [1.29, 1.82) is 0 Å². The van der Waals surface area contributed by atoms with Crippen molar-refractivity contribution in [1.82, 2.24) is 14.9 Å². The molecule has 16 heavy (non-hydrogen) atoms. The van der Waals surface area contributed by atoms with Crippen LogP contribution in [0.25, 0.3) is 0 Å². The summed E-state index contributed by atoms with van der Waals surface area (Å²) < 4.78 is 7.51. The minimum atomic E-state index is 0.507. The zero-order valence-corrected chi connectivity index (χ0v) is 10.1. The molecule has 1 aliphatic heterocycles. The van der Waals surface area contributed by atoms with Gasteiger partial charge in [0.15, 0.2) is 0 Å². The summed E-state index contributed by atoms with van der Waals surface area (Å²) in [6, 6.07) is 0.507. The first-order valence-corrected chi connectivity index (χ1v) is 6.00. The molecular weight excluding hydrogens is 202 g/mol. The van der Waals surface area contributed by atoms with Crippen LogP contribution in [0.15, 0.2) is 12.4 Å². The van der Waals surface area contributed by atoms with E-state index in [0.29, 0.717) is 6.04 Å². The van der Waals surface area contributed by atoms with Crippen molar-refractivity contribution in [2.45, 2.75) is 25.3 Å². The van der Waals surface area contributed by atoms with Crippen molar-refractivity contribution < 1.29 is 4.74 Å². The van der Waals surface area contributed by atoms with Gasteiger partial charge in [-0.1, -0.05) is 0 Å². The normalized spacial score (nSPS) is 22.5. The summed E-state index contributed by atoms with van der Waals surface area (Å²) in [5, 5.41) is 3.39. The van der Waals surface area contributed by atoms with E-state index in [1.165, 1.54) is 12.8 Å². The molecular formula is C12H21N3O. The summed E-state index contributed by atoms with van der Waals surface area (Å²) in [6.07, 6.45) is 7.25. The Labute approximate surface area is 97.0 Å². The highest BCUT2D eigenvalue weighted by Gasteiger charge is 2.20. The summed E-state index contributed by atoms with van der Waals surface area (Å²) in [4.78, 5) is 4.37. The van der Waals surface area contributed by atoms with Gasteiger partial charge in [-0.15, -0.1) is 0 Å². The van der Waals surface area contributed by atoms with Crippen LogP contribution < -0.4 is 5.32 Å². The maximum atomic E-state index is 5.41. The molecule has 0 bridgehead atoms. The van der Waals surface area contributed by atoms with Gasteiger partial charge in [-0.3, -0.25) is 0 Å². The van der Waals surface area contributed by atoms with Gasteiger partial charge >= 0.3 is 0 Å². The Bertz CT molecular complexity index is 318. The summed E-state index contributed by atoms with van der Waals surface area (Å²) in [7, 11) is 4.08. The first-order valence-electron chi connectivity index (χ1n) is 6.00. The third-order valence-electron chi connectivity index (χ3n) is 3.40. The van der Waals surface area contributed by atoms with E-state index < -0.39 is 0 Å². The predicted molar refractivity (Wildman–Crippen MR) is 63.3 cm³/mol. The molecule has 4 heteroatoms. The predicted octanol–water partition coefficient (Wildman–Crippen LogP) is 0.977. The highest BCUT2D eigenvalue weighted by atomic mass is 16.5. The van der Waals surface area contributed by atoms with Crippen molar-refractivity contribution in [2.75, 3.05) is 20.3 Å². The van der Waals surface area contributed by atoms with Crippen LogP contribution in [0.1, 0.15) is 18.7 Å². The topological polar surface area (TPSA) is 39.1 Å². The molecule has 1 aromatic heterocycles. The Balaban J connectivity index is 1.87. The van der Waals surface area contributed by atoms with Gasteiger partial charge in [-0.05, 0) is 25.8 Å². The van der Waals surface area contributed by atoms with Crippen LogP contribution in [-0.4, -0.2) is 35.9 Å². The van der Waals surface area contributed by atoms with Gasteiger partial charge in [-0.25, -0.2) is 4.98 Å². The summed E-state index contributed by atoms with van der Waals surface area (Å²) >= 11 is 0. The van der Waals surface area contributed by atoms with Gasteiger partial charge in [0.2, 0.25) is 0 Å². The number of aryl methyl sites for hydroxylation is 1. The molecule has 1 aliphatic rings. The van der Waals surface area contributed by atoms with E-state index in [0.717, 1.165) is 31.4 Å². The van der Waals surface area contributed by atoms with Crippen molar-refractivity contribution in [2.24, 2.45) is 13.0 Å². The standard InChI is InChI=1S/C12H21N3O/c1-13-11(7-10-3-6-16-9-10)8-12-14-4-5-15(12)2/h4-5,10-11,13H,3,6-9H2,1-2H3. The summed E-state index contributed by atoms with van der Waals surface area (Å²) in [5.74, 6) is 1.87. The molecule has 0 radical (unpaired) electrons. The molecule has 90 valence electrons. The Morgan fingerprint density at radius 2 is 2.56 bits per heavy atom. The molecule has 1 fully saturated rings. The molecule has 0 saturated carbocycles. The van der Waals surface area contributed by atoms with Gasteiger partial charge < -0.3 is 14.6 Å². The molecule has 0 amide bonds. The highest BCUT2D eigenvalue weighted by molar-refractivity contribution is 4.94. The molecule has 1 aromatic rings. The number of rotatable bonds is 5. The number of hydrogen-bond acceptors (Lipinski definition) is 3.